The van der Waals surface area contributed by atoms with Crippen LogP contribution in [0, 0.1) is 11.8 Å². The second kappa shape index (κ2) is 11.6. The summed E-state index contributed by atoms with van der Waals surface area (Å²) < 4.78 is 5.70. The minimum Gasteiger partial charge on any atom is -0.492 e. The SMILES string of the molecule is CCCCCCCCOc1cncc(C#CCCCl)c1. The highest BCUT2D eigenvalue weighted by Crippen LogP contribution is 2.12. The predicted molar refractivity (Wildman–Crippen MR) is 85.3 cm³/mol. The number of pyridine rings is 1. The molecule has 1 aromatic rings. The van der Waals surface area contributed by atoms with Gasteiger partial charge in [-0.25, -0.2) is 0 Å². The first-order valence-corrected chi connectivity index (χ1v) is 8.03. The van der Waals surface area contributed by atoms with Crippen LogP contribution in [0.1, 0.15) is 57.4 Å². The van der Waals surface area contributed by atoms with E-state index in [0.717, 1.165) is 24.3 Å². The van der Waals surface area contributed by atoms with Crippen LogP contribution in [0.4, 0.5) is 0 Å². The first-order chi connectivity index (χ1) is 9.86. The maximum absolute atomic E-state index is 5.70. The summed E-state index contributed by atoms with van der Waals surface area (Å²) in [5.74, 6) is 7.40. The third-order valence-electron chi connectivity index (χ3n) is 2.93. The first kappa shape index (κ1) is 16.9. The van der Waals surface area contributed by atoms with Gasteiger partial charge >= 0.3 is 0 Å². The van der Waals surface area contributed by atoms with Gasteiger partial charge in [-0.1, -0.05) is 50.9 Å². The number of hydrogen-bond acceptors (Lipinski definition) is 2. The fourth-order valence-corrected chi connectivity index (χ4v) is 1.94. The Morgan fingerprint density at radius 1 is 1.15 bits per heavy atom. The number of ether oxygens (including phenoxy) is 1. The zero-order chi connectivity index (χ0) is 14.5. The van der Waals surface area contributed by atoms with Crippen molar-refractivity contribution in [3.05, 3.63) is 24.0 Å². The molecule has 0 fully saturated rings. The van der Waals surface area contributed by atoms with Gasteiger partial charge in [-0.3, -0.25) is 4.98 Å². The molecule has 0 saturated heterocycles. The molecule has 0 saturated carbocycles. The molecule has 3 heteroatoms. The third-order valence-corrected chi connectivity index (χ3v) is 3.12. The van der Waals surface area contributed by atoms with E-state index in [0.29, 0.717) is 12.3 Å². The molecule has 0 bridgehead atoms. The lowest BCUT2D eigenvalue weighted by Crippen LogP contribution is -1.98. The lowest BCUT2D eigenvalue weighted by molar-refractivity contribution is 0.303. The maximum Gasteiger partial charge on any atom is 0.138 e. The number of halogens is 1. The molecule has 0 aliphatic carbocycles. The Labute approximate surface area is 127 Å². The van der Waals surface area contributed by atoms with Crippen LogP contribution in [-0.4, -0.2) is 17.5 Å². The highest BCUT2D eigenvalue weighted by atomic mass is 35.5. The summed E-state index contributed by atoms with van der Waals surface area (Å²) in [6, 6.07) is 1.94. The fourth-order valence-electron chi connectivity index (χ4n) is 1.85. The molecule has 110 valence electrons. The zero-order valence-electron chi connectivity index (χ0n) is 12.3. The van der Waals surface area contributed by atoms with Gasteiger partial charge in [0.25, 0.3) is 0 Å². The summed E-state index contributed by atoms with van der Waals surface area (Å²) in [5, 5.41) is 0. The Balaban J connectivity index is 2.23. The van der Waals surface area contributed by atoms with E-state index in [1.165, 1.54) is 32.1 Å². The quantitative estimate of drug-likeness (QED) is 0.371. The predicted octanol–water partition coefficient (Wildman–Crippen LogP) is 4.80. The minimum atomic E-state index is 0.564. The van der Waals surface area contributed by atoms with Gasteiger partial charge in [0, 0.05) is 24.1 Å². The maximum atomic E-state index is 5.70. The molecule has 0 radical (unpaired) electrons. The van der Waals surface area contributed by atoms with E-state index < -0.39 is 0 Å². The second-order valence-electron chi connectivity index (χ2n) is 4.77. The van der Waals surface area contributed by atoms with Crippen LogP contribution >= 0.6 is 11.6 Å². The lowest BCUT2D eigenvalue weighted by atomic mass is 10.1. The molecule has 2 nitrogen and oxygen atoms in total. The van der Waals surface area contributed by atoms with Crippen molar-refractivity contribution in [2.24, 2.45) is 0 Å². The highest BCUT2D eigenvalue weighted by Gasteiger charge is 1.96. The van der Waals surface area contributed by atoms with Crippen LogP contribution in [0.3, 0.4) is 0 Å². The normalized spacial score (nSPS) is 9.90. The molecule has 0 aliphatic heterocycles. The van der Waals surface area contributed by atoms with E-state index in [1.54, 1.807) is 12.4 Å². The zero-order valence-corrected chi connectivity index (χ0v) is 13.1. The van der Waals surface area contributed by atoms with Crippen molar-refractivity contribution < 1.29 is 4.74 Å². The Kier molecular flexibility index (Phi) is 9.79. The van der Waals surface area contributed by atoms with Gasteiger partial charge in [0.05, 0.1) is 12.8 Å². The van der Waals surface area contributed by atoms with Crippen molar-refractivity contribution in [3.8, 4) is 17.6 Å². The number of hydrogen-bond donors (Lipinski definition) is 0. The summed E-state index contributed by atoms with van der Waals surface area (Å²) in [5.41, 5.74) is 0.885. The average Bonchev–Trinajstić information content (AvgIpc) is 2.47. The van der Waals surface area contributed by atoms with E-state index in [2.05, 4.69) is 23.7 Å². The molecule has 0 spiro atoms. The standard InChI is InChI=1S/C17H24ClNO/c1-2-3-4-5-6-9-12-20-17-13-16(14-19-15-17)10-7-8-11-18/h13-15H,2-6,8-9,11-12H2,1H3. The largest absolute Gasteiger partial charge is 0.492 e. The molecule has 0 N–H and O–H groups in total. The molecule has 0 atom stereocenters. The summed E-state index contributed by atoms with van der Waals surface area (Å²) in [4.78, 5) is 4.14. The lowest BCUT2D eigenvalue weighted by Gasteiger charge is -2.05. The molecule has 20 heavy (non-hydrogen) atoms. The van der Waals surface area contributed by atoms with Gasteiger partial charge in [0.2, 0.25) is 0 Å². The average molecular weight is 294 g/mol. The van der Waals surface area contributed by atoms with Gasteiger partial charge in [-0.2, -0.15) is 0 Å². The molecule has 0 aromatic carbocycles. The molecule has 1 rings (SSSR count). The van der Waals surface area contributed by atoms with Crippen molar-refractivity contribution in [3.63, 3.8) is 0 Å². The van der Waals surface area contributed by atoms with E-state index in [4.69, 9.17) is 16.3 Å². The smallest absolute Gasteiger partial charge is 0.138 e. The topological polar surface area (TPSA) is 22.1 Å². The molecule has 1 heterocycles. The molecule has 0 amide bonds. The minimum absolute atomic E-state index is 0.564. The van der Waals surface area contributed by atoms with E-state index >= 15 is 0 Å². The Morgan fingerprint density at radius 3 is 2.75 bits per heavy atom. The van der Waals surface area contributed by atoms with Crippen molar-refractivity contribution in [2.45, 2.75) is 51.9 Å². The van der Waals surface area contributed by atoms with Crippen LogP contribution in [-0.2, 0) is 0 Å². The van der Waals surface area contributed by atoms with Gasteiger partial charge in [-0.15, -0.1) is 11.6 Å². The molecule has 0 aliphatic rings. The second-order valence-corrected chi connectivity index (χ2v) is 5.14. The Bertz CT molecular complexity index is 422. The molecule has 1 aromatic heterocycles. The van der Waals surface area contributed by atoms with Crippen LogP contribution < -0.4 is 4.74 Å². The number of unbranched alkanes of at least 4 members (excludes halogenated alkanes) is 5. The summed E-state index contributed by atoms with van der Waals surface area (Å²) in [7, 11) is 0. The number of alkyl halides is 1. The van der Waals surface area contributed by atoms with Crippen LogP contribution in [0.2, 0.25) is 0 Å². The fraction of sp³-hybridized carbons (Fsp3) is 0.588. The van der Waals surface area contributed by atoms with Gasteiger partial charge in [-0.05, 0) is 12.5 Å². The van der Waals surface area contributed by atoms with E-state index in [1.807, 2.05) is 6.07 Å². The summed E-state index contributed by atoms with van der Waals surface area (Å²) in [6.45, 7) is 2.99. The van der Waals surface area contributed by atoms with E-state index in [-0.39, 0.29) is 0 Å². The summed E-state index contributed by atoms with van der Waals surface area (Å²) in [6.07, 6.45) is 11.8. The Morgan fingerprint density at radius 2 is 1.95 bits per heavy atom. The van der Waals surface area contributed by atoms with Crippen molar-refractivity contribution in [1.82, 2.24) is 4.98 Å². The van der Waals surface area contributed by atoms with Crippen LogP contribution in [0.15, 0.2) is 18.5 Å². The molecular weight excluding hydrogens is 270 g/mol. The highest BCUT2D eigenvalue weighted by molar-refractivity contribution is 6.18. The molecular formula is C17H24ClNO. The van der Waals surface area contributed by atoms with Crippen molar-refractivity contribution in [2.75, 3.05) is 12.5 Å². The van der Waals surface area contributed by atoms with Crippen LogP contribution in [0.25, 0.3) is 0 Å². The Hall–Kier alpha value is -1.20. The molecule has 0 unspecified atom stereocenters. The number of rotatable bonds is 9. The third kappa shape index (κ3) is 8.07. The van der Waals surface area contributed by atoms with Crippen LogP contribution in [0.5, 0.6) is 5.75 Å². The van der Waals surface area contributed by atoms with Crippen molar-refractivity contribution >= 4 is 11.6 Å². The van der Waals surface area contributed by atoms with Crippen molar-refractivity contribution in [1.29, 1.82) is 0 Å². The summed E-state index contributed by atoms with van der Waals surface area (Å²) >= 11 is 5.59. The number of aromatic nitrogens is 1. The van der Waals surface area contributed by atoms with Gasteiger partial charge in [0.15, 0.2) is 0 Å². The van der Waals surface area contributed by atoms with Gasteiger partial charge in [0.1, 0.15) is 5.75 Å². The van der Waals surface area contributed by atoms with E-state index in [9.17, 15) is 0 Å². The van der Waals surface area contributed by atoms with Gasteiger partial charge < -0.3 is 4.74 Å². The first-order valence-electron chi connectivity index (χ1n) is 7.49. The number of nitrogens with zero attached hydrogens (tertiary/aromatic N) is 1. The monoisotopic (exact) mass is 293 g/mol.